The molecule has 0 aliphatic rings. The van der Waals surface area contributed by atoms with Crippen molar-refractivity contribution < 1.29 is 18.3 Å². The first-order valence-electron chi connectivity index (χ1n) is 9.66. The van der Waals surface area contributed by atoms with Crippen molar-refractivity contribution in [3.05, 3.63) is 95.5 Å². The Morgan fingerprint density at radius 3 is 2.35 bits per heavy atom. The van der Waals surface area contributed by atoms with Gasteiger partial charge in [0.1, 0.15) is 17.4 Å². The standard InChI is InChI=1S/C24H19NO4S2/c1-29-20-12-7-9-17-14-19(24(26)22-15-16-8-5-6-13-21(16)30-22)25(23(17)20)31(27,28)18-10-3-2-4-11-18/h2-15,24,26H,1H3. The molecule has 0 bridgehead atoms. The normalized spacial score (nSPS) is 13.0. The number of aliphatic hydroxyl groups excluding tert-OH is 1. The van der Waals surface area contributed by atoms with Crippen molar-refractivity contribution in [1.82, 2.24) is 3.97 Å². The van der Waals surface area contributed by atoms with Crippen LogP contribution in [0.25, 0.3) is 21.0 Å². The predicted octanol–water partition coefficient (Wildman–Crippen LogP) is 5.18. The van der Waals surface area contributed by atoms with Gasteiger partial charge in [0.25, 0.3) is 10.0 Å². The maximum Gasteiger partial charge on any atom is 0.268 e. The van der Waals surface area contributed by atoms with Crippen LogP contribution in [0.1, 0.15) is 16.7 Å². The zero-order chi connectivity index (χ0) is 21.6. The number of para-hydroxylation sites is 1. The Morgan fingerprint density at radius 2 is 1.61 bits per heavy atom. The molecule has 156 valence electrons. The molecule has 0 aliphatic carbocycles. The second kappa shape index (κ2) is 7.53. The third kappa shape index (κ3) is 3.22. The maximum absolute atomic E-state index is 13.7. The first kappa shape index (κ1) is 19.8. The number of aliphatic hydroxyl groups is 1. The van der Waals surface area contributed by atoms with E-state index in [1.165, 1.54) is 22.4 Å². The van der Waals surface area contributed by atoms with E-state index in [9.17, 15) is 13.5 Å². The maximum atomic E-state index is 13.7. The second-order valence-electron chi connectivity index (χ2n) is 7.14. The number of rotatable bonds is 5. The van der Waals surface area contributed by atoms with Gasteiger partial charge in [-0.3, -0.25) is 0 Å². The first-order valence-corrected chi connectivity index (χ1v) is 11.9. The number of thiophene rings is 1. The summed E-state index contributed by atoms with van der Waals surface area (Å²) in [4.78, 5) is 0.815. The molecular weight excluding hydrogens is 430 g/mol. The average molecular weight is 450 g/mol. The number of nitrogens with zero attached hydrogens (tertiary/aromatic N) is 1. The summed E-state index contributed by atoms with van der Waals surface area (Å²) in [7, 11) is -2.48. The molecule has 1 atom stereocenters. The molecule has 0 saturated carbocycles. The Morgan fingerprint density at radius 1 is 0.903 bits per heavy atom. The summed E-state index contributed by atoms with van der Waals surface area (Å²) in [6.07, 6.45) is -1.12. The number of hydrogen-bond donors (Lipinski definition) is 1. The fraction of sp³-hybridized carbons (Fsp3) is 0.0833. The molecule has 3 aromatic carbocycles. The highest BCUT2D eigenvalue weighted by atomic mass is 32.2. The Kier molecular flexibility index (Phi) is 4.81. The van der Waals surface area contributed by atoms with Gasteiger partial charge in [-0.15, -0.1) is 11.3 Å². The van der Waals surface area contributed by atoms with Crippen molar-refractivity contribution in [1.29, 1.82) is 0 Å². The van der Waals surface area contributed by atoms with Crippen LogP contribution in [0.2, 0.25) is 0 Å². The minimum atomic E-state index is -3.99. The third-order valence-corrected chi connectivity index (χ3v) is 8.18. The van der Waals surface area contributed by atoms with Crippen molar-refractivity contribution in [3.63, 3.8) is 0 Å². The van der Waals surface area contributed by atoms with Crippen molar-refractivity contribution in [2.24, 2.45) is 0 Å². The highest BCUT2D eigenvalue weighted by Gasteiger charge is 2.29. The van der Waals surface area contributed by atoms with E-state index in [1.807, 2.05) is 36.4 Å². The topological polar surface area (TPSA) is 68.5 Å². The molecule has 1 unspecified atom stereocenters. The van der Waals surface area contributed by atoms with Gasteiger partial charge >= 0.3 is 0 Å². The van der Waals surface area contributed by atoms with Gasteiger partial charge in [-0.1, -0.05) is 48.5 Å². The van der Waals surface area contributed by atoms with Crippen LogP contribution in [0, 0.1) is 0 Å². The molecule has 31 heavy (non-hydrogen) atoms. The first-order chi connectivity index (χ1) is 15.0. The molecular formula is C24H19NO4S2. The molecule has 0 spiro atoms. The predicted molar refractivity (Wildman–Crippen MR) is 123 cm³/mol. The molecule has 5 aromatic rings. The summed E-state index contributed by atoms with van der Waals surface area (Å²) < 4.78 is 35.1. The summed E-state index contributed by atoms with van der Waals surface area (Å²) in [5.41, 5.74) is 0.680. The van der Waals surface area contributed by atoms with E-state index in [1.54, 1.807) is 48.5 Å². The number of benzene rings is 3. The van der Waals surface area contributed by atoms with Crippen LogP contribution in [0.4, 0.5) is 0 Å². The van der Waals surface area contributed by atoms with E-state index in [4.69, 9.17) is 4.74 Å². The minimum absolute atomic E-state index is 0.142. The monoisotopic (exact) mass is 449 g/mol. The van der Waals surface area contributed by atoms with Gasteiger partial charge in [-0.2, -0.15) is 0 Å². The van der Waals surface area contributed by atoms with Gasteiger partial charge < -0.3 is 9.84 Å². The smallest absolute Gasteiger partial charge is 0.268 e. The summed E-state index contributed by atoms with van der Waals surface area (Å²) in [6, 6.07) is 25.0. The van der Waals surface area contributed by atoms with Crippen LogP contribution in [0.5, 0.6) is 5.75 Å². The average Bonchev–Trinajstić information content (AvgIpc) is 3.41. The Labute approximate surface area is 183 Å². The molecule has 5 nitrogen and oxygen atoms in total. The third-order valence-electron chi connectivity index (χ3n) is 5.27. The molecule has 1 N–H and O–H groups in total. The van der Waals surface area contributed by atoms with E-state index < -0.39 is 16.1 Å². The van der Waals surface area contributed by atoms with Crippen molar-refractivity contribution in [3.8, 4) is 5.75 Å². The molecule has 7 heteroatoms. The highest BCUT2D eigenvalue weighted by Crippen LogP contribution is 2.39. The zero-order valence-electron chi connectivity index (χ0n) is 16.6. The van der Waals surface area contributed by atoms with Crippen LogP contribution in [-0.4, -0.2) is 24.6 Å². The molecule has 2 aromatic heterocycles. The van der Waals surface area contributed by atoms with Gasteiger partial charge in [0, 0.05) is 15.0 Å². The molecule has 2 heterocycles. The van der Waals surface area contributed by atoms with Crippen molar-refractivity contribution in [2.45, 2.75) is 11.0 Å². The summed E-state index contributed by atoms with van der Waals surface area (Å²) >= 11 is 1.45. The molecule has 0 radical (unpaired) electrons. The number of hydrogen-bond acceptors (Lipinski definition) is 5. The van der Waals surface area contributed by atoms with E-state index in [0.717, 1.165) is 10.1 Å². The highest BCUT2D eigenvalue weighted by molar-refractivity contribution is 7.90. The number of methoxy groups -OCH3 is 1. The quantitative estimate of drug-likeness (QED) is 0.401. The van der Waals surface area contributed by atoms with Crippen LogP contribution in [0.3, 0.4) is 0 Å². The molecule has 5 rings (SSSR count). The number of fused-ring (bicyclic) bond motifs is 2. The Balaban J connectivity index is 1.79. The second-order valence-corrected chi connectivity index (χ2v) is 10.0. The van der Waals surface area contributed by atoms with Crippen LogP contribution in [0.15, 0.2) is 89.8 Å². The van der Waals surface area contributed by atoms with E-state index >= 15 is 0 Å². The summed E-state index contributed by atoms with van der Waals surface area (Å²) in [6.45, 7) is 0. The number of aromatic nitrogens is 1. The van der Waals surface area contributed by atoms with Crippen LogP contribution in [-0.2, 0) is 10.0 Å². The molecule has 0 fully saturated rings. The van der Waals surface area contributed by atoms with E-state index in [0.29, 0.717) is 21.5 Å². The Hall–Kier alpha value is -3.13. The summed E-state index contributed by atoms with van der Waals surface area (Å²) in [5, 5.41) is 13.0. The minimum Gasteiger partial charge on any atom is -0.495 e. The van der Waals surface area contributed by atoms with Crippen LogP contribution < -0.4 is 4.74 Å². The van der Waals surface area contributed by atoms with Gasteiger partial charge in [-0.25, -0.2) is 12.4 Å². The lowest BCUT2D eigenvalue weighted by Crippen LogP contribution is -2.18. The molecule has 0 saturated heterocycles. The Bertz CT molecular complexity index is 1470. The molecule has 0 aliphatic heterocycles. The fourth-order valence-electron chi connectivity index (χ4n) is 3.81. The lowest BCUT2D eigenvalue weighted by atomic mass is 10.2. The largest absolute Gasteiger partial charge is 0.495 e. The molecule has 0 amide bonds. The SMILES string of the molecule is COc1cccc2cc(C(O)c3cc4ccccc4s3)n(S(=O)(=O)c3ccccc3)c12. The van der Waals surface area contributed by atoms with Crippen LogP contribution >= 0.6 is 11.3 Å². The number of ether oxygens (including phenoxy) is 1. The van der Waals surface area contributed by atoms with Gasteiger partial charge in [0.2, 0.25) is 0 Å². The van der Waals surface area contributed by atoms with Gasteiger partial charge in [0.15, 0.2) is 0 Å². The van der Waals surface area contributed by atoms with Crippen molar-refractivity contribution >= 4 is 42.3 Å². The zero-order valence-corrected chi connectivity index (χ0v) is 18.2. The van der Waals surface area contributed by atoms with E-state index in [2.05, 4.69) is 0 Å². The lowest BCUT2D eigenvalue weighted by Gasteiger charge is -2.16. The summed E-state index contributed by atoms with van der Waals surface area (Å²) in [5.74, 6) is 0.423. The van der Waals surface area contributed by atoms with Gasteiger partial charge in [-0.05, 0) is 41.8 Å². The van der Waals surface area contributed by atoms with Gasteiger partial charge in [0.05, 0.1) is 17.7 Å². The van der Waals surface area contributed by atoms with E-state index in [-0.39, 0.29) is 10.6 Å². The fourth-order valence-corrected chi connectivity index (χ4v) is 6.46. The lowest BCUT2D eigenvalue weighted by molar-refractivity contribution is 0.218. The van der Waals surface area contributed by atoms with Crippen molar-refractivity contribution in [2.75, 3.05) is 7.11 Å².